The van der Waals surface area contributed by atoms with E-state index in [0.29, 0.717) is 18.5 Å². The van der Waals surface area contributed by atoms with Crippen molar-refractivity contribution < 1.29 is 18.7 Å². The van der Waals surface area contributed by atoms with E-state index < -0.39 is 11.6 Å². The zero-order valence-corrected chi connectivity index (χ0v) is 16.0. The van der Waals surface area contributed by atoms with E-state index in [9.17, 15) is 13.6 Å². The predicted molar refractivity (Wildman–Crippen MR) is 107 cm³/mol. The molecule has 0 radical (unpaired) electrons. The average molecular weight is 402 g/mol. The first-order valence-electron chi connectivity index (χ1n) is 9.61. The van der Waals surface area contributed by atoms with E-state index in [1.807, 2.05) is 18.3 Å². The van der Waals surface area contributed by atoms with Crippen LogP contribution in [-0.4, -0.2) is 46.9 Å². The van der Waals surface area contributed by atoms with Gasteiger partial charge in [0.05, 0.1) is 17.3 Å². The van der Waals surface area contributed by atoms with Crippen molar-refractivity contribution in [3.63, 3.8) is 0 Å². The molecule has 0 aliphatic carbocycles. The van der Waals surface area contributed by atoms with E-state index in [0.717, 1.165) is 48.6 Å². The lowest BCUT2D eigenvalue weighted by atomic mass is 10.2. The van der Waals surface area contributed by atoms with Crippen LogP contribution in [0.25, 0.3) is 5.52 Å². The number of fused-ring (bicyclic) bond motifs is 1. The molecular weight excluding hydrogens is 378 g/mol. The highest BCUT2D eigenvalue weighted by Gasteiger charge is 2.16. The van der Waals surface area contributed by atoms with E-state index >= 15 is 0 Å². The van der Waals surface area contributed by atoms with Crippen LogP contribution in [0.2, 0.25) is 0 Å². The van der Waals surface area contributed by atoms with Crippen LogP contribution in [0.3, 0.4) is 0 Å². The molecule has 6 nitrogen and oxygen atoms in total. The summed E-state index contributed by atoms with van der Waals surface area (Å²) in [5, 5.41) is 15.8. The minimum absolute atomic E-state index is 0.0775. The number of hydrogen-bond donors (Lipinski definition) is 2. The summed E-state index contributed by atoms with van der Waals surface area (Å²) in [6.45, 7) is 2.69. The summed E-state index contributed by atoms with van der Waals surface area (Å²) in [4.78, 5) is 14.5. The molecule has 3 heterocycles. The number of carbonyl (C=O) groups is 1. The second-order valence-electron chi connectivity index (χ2n) is 6.74. The topological polar surface area (TPSA) is 69.9 Å². The Morgan fingerprint density at radius 2 is 1.76 bits per heavy atom. The Bertz CT molecular complexity index is 917. The Labute approximate surface area is 167 Å². The number of amides is 1. The lowest BCUT2D eigenvalue weighted by Gasteiger charge is -2.17. The third-order valence-corrected chi connectivity index (χ3v) is 4.64. The van der Waals surface area contributed by atoms with Crippen molar-refractivity contribution in [3.8, 4) is 0 Å². The summed E-state index contributed by atoms with van der Waals surface area (Å²) in [5.41, 5.74) is 2.54. The highest BCUT2D eigenvalue weighted by Crippen LogP contribution is 2.23. The molecule has 8 heteroatoms. The maximum atomic E-state index is 12.2. The Kier molecular flexibility index (Phi) is 7.13. The number of aliphatic hydroxyl groups excluding tert-OH is 1. The molecule has 1 amide bonds. The maximum absolute atomic E-state index is 12.2. The van der Waals surface area contributed by atoms with Gasteiger partial charge in [0.2, 0.25) is 0 Å². The van der Waals surface area contributed by atoms with Gasteiger partial charge in [0.1, 0.15) is 11.6 Å². The fraction of sp³-hybridized carbons (Fsp3) is 0.333. The van der Waals surface area contributed by atoms with Gasteiger partial charge < -0.3 is 15.3 Å². The molecular formula is C21H24F2N4O2. The normalized spacial score (nSPS) is 13.3. The fourth-order valence-electron chi connectivity index (χ4n) is 3.12. The number of anilines is 1. The number of hydrogen-bond acceptors (Lipinski definition) is 4. The minimum atomic E-state index is -0.411. The van der Waals surface area contributed by atoms with Crippen LogP contribution in [-0.2, 0) is 0 Å². The number of aromatic nitrogens is 2. The minimum Gasteiger partial charge on any atom is -0.396 e. The summed E-state index contributed by atoms with van der Waals surface area (Å²) in [7, 11) is 0. The first-order chi connectivity index (χ1) is 14.1. The fourth-order valence-corrected chi connectivity index (χ4v) is 3.12. The average Bonchev–Trinajstić information content (AvgIpc) is 3.40. The van der Waals surface area contributed by atoms with E-state index in [2.05, 4.69) is 15.3 Å². The molecule has 2 N–H and O–H groups in total. The van der Waals surface area contributed by atoms with Crippen molar-refractivity contribution in [1.82, 2.24) is 14.9 Å². The van der Waals surface area contributed by atoms with Crippen molar-refractivity contribution >= 4 is 17.1 Å². The quantitative estimate of drug-likeness (QED) is 0.644. The highest BCUT2D eigenvalue weighted by atomic mass is 19.1. The second kappa shape index (κ2) is 9.97. The van der Waals surface area contributed by atoms with Crippen molar-refractivity contribution in [3.05, 3.63) is 66.0 Å². The number of carbonyl (C=O) groups excluding carboxylic acids is 1. The van der Waals surface area contributed by atoms with Crippen LogP contribution in [0, 0.1) is 11.6 Å². The molecule has 29 heavy (non-hydrogen) atoms. The molecule has 1 fully saturated rings. The van der Waals surface area contributed by atoms with Gasteiger partial charge in [0.15, 0.2) is 0 Å². The van der Waals surface area contributed by atoms with Gasteiger partial charge in [-0.15, -0.1) is 0 Å². The van der Waals surface area contributed by atoms with Crippen LogP contribution in [0.1, 0.15) is 29.6 Å². The first-order valence-corrected chi connectivity index (χ1v) is 9.61. The lowest BCUT2D eigenvalue weighted by molar-refractivity contribution is 0.0953. The molecule has 0 saturated carbocycles. The molecule has 1 saturated heterocycles. The second-order valence-corrected chi connectivity index (χ2v) is 6.74. The van der Waals surface area contributed by atoms with Crippen LogP contribution < -0.4 is 10.2 Å². The molecule has 0 unspecified atom stereocenters. The van der Waals surface area contributed by atoms with Crippen LogP contribution in [0.5, 0.6) is 0 Å². The van der Waals surface area contributed by atoms with Gasteiger partial charge in [0, 0.05) is 38.1 Å². The molecule has 0 atom stereocenters. The zero-order chi connectivity index (χ0) is 20.6. The van der Waals surface area contributed by atoms with Gasteiger partial charge in [-0.3, -0.25) is 4.79 Å². The number of aliphatic hydroxyl groups is 1. The molecule has 4 rings (SSSR count). The summed E-state index contributed by atoms with van der Waals surface area (Å²) < 4.78 is 25.6. The SMILES string of the molecule is Fc1ccc(F)cc1.O=C(NCCCO)c1cnn2ccc(N3CCCC3)cc12. The maximum Gasteiger partial charge on any atom is 0.255 e. The number of nitrogens with zero attached hydrogens (tertiary/aromatic N) is 3. The third kappa shape index (κ3) is 5.51. The monoisotopic (exact) mass is 402 g/mol. The van der Waals surface area contributed by atoms with Crippen LogP contribution in [0.4, 0.5) is 14.5 Å². The van der Waals surface area contributed by atoms with E-state index in [1.54, 1.807) is 10.7 Å². The standard InChI is InChI=1S/C15H20N4O2.C6H4F2/c20-9-3-5-16-15(21)13-11-17-19-8-4-12(10-14(13)19)18-6-1-2-7-18;7-5-1-2-6(8)4-3-5/h4,8,10-11,20H,1-3,5-7,9H2,(H,16,21);1-4H. The van der Waals surface area contributed by atoms with Crippen molar-refractivity contribution in [2.75, 3.05) is 31.1 Å². The molecule has 0 spiro atoms. The van der Waals surface area contributed by atoms with Gasteiger partial charge in [-0.2, -0.15) is 5.10 Å². The van der Waals surface area contributed by atoms with Gasteiger partial charge in [-0.25, -0.2) is 13.3 Å². The molecule has 1 aliphatic heterocycles. The zero-order valence-electron chi connectivity index (χ0n) is 16.0. The van der Waals surface area contributed by atoms with Gasteiger partial charge >= 0.3 is 0 Å². The largest absolute Gasteiger partial charge is 0.396 e. The summed E-state index contributed by atoms with van der Waals surface area (Å²) in [6.07, 6.45) is 6.49. The summed E-state index contributed by atoms with van der Waals surface area (Å²) in [6, 6.07) is 8.38. The smallest absolute Gasteiger partial charge is 0.255 e. The Hall–Kier alpha value is -3.00. The van der Waals surface area contributed by atoms with Crippen molar-refractivity contribution in [2.45, 2.75) is 19.3 Å². The molecule has 3 aromatic rings. The predicted octanol–water partition coefficient (Wildman–Crippen LogP) is 3.01. The Morgan fingerprint density at radius 3 is 2.38 bits per heavy atom. The van der Waals surface area contributed by atoms with E-state index in [1.165, 1.54) is 12.8 Å². The van der Waals surface area contributed by atoms with Crippen LogP contribution >= 0.6 is 0 Å². The number of rotatable bonds is 5. The van der Waals surface area contributed by atoms with Crippen molar-refractivity contribution in [2.24, 2.45) is 0 Å². The number of pyridine rings is 1. The van der Waals surface area contributed by atoms with Gasteiger partial charge in [-0.1, -0.05) is 0 Å². The third-order valence-electron chi connectivity index (χ3n) is 4.64. The molecule has 154 valence electrons. The first kappa shape index (κ1) is 20.7. The highest BCUT2D eigenvalue weighted by molar-refractivity contribution is 6.01. The molecule has 1 aromatic carbocycles. The number of benzene rings is 1. The molecule has 0 bridgehead atoms. The van der Waals surface area contributed by atoms with Gasteiger partial charge in [-0.05, 0) is 55.7 Å². The lowest BCUT2D eigenvalue weighted by Crippen LogP contribution is -2.25. The van der Waals surface area contributed by atoms with Gasteiger partial charge in [0.25, 0.3) is 5.91 Å². The molecule has 2 aromatic heterocycles. The summed E-state index contributed by atoms with van der Waals surface area (Å²) >= 11 is 0. The Balaban J connectivity index is 0.000000252. The van der Waals surface area contributed by atoms with Crippen LogP contribution in [0.15, 0.2) is 48.8 Å². The number of nitrogens with one attached hydrogen (secondary N) is 1. The van der Waals surface area contributed by atoms with E-state index in [4.69, 9.17) is 5.11 Å². The summed E-state index contributed by atoms with van der Waals surface area (Å²) in [5.74, 6) is -0.963. The Morgan fingerprint density at radius 1 is 1.10 bits per heavy atom. The van der Waals surface area contributed by atoms with E-state index in [-0.39, 0.29) is 12.5 Å². The van der Waals surface area contributed by atoms with Crippen molar-refractivity contribution in [1.29, 1.82) is 0 Å². The number of halogens is 2. The molecule has 1 aliphatic rings.